The summed E-state index contributed by atoms with van der Waals surface area (Å²) >= 11 is 0. The van der Waals surface area contributed by atoms with Gasteiger partial charge >= 0.3 is 0 Å². The largest absolute Gasteiger partial charge is 0.378 e. The van der Waals surface area contributed by atoms with Crippen LogP contribution in [0.5, 0.6) is 0 Å². The van der Waals surface area contributed by atoms with E-state index in [9.17, 15) is 19.2 Å². The lowest BCUT2D eigenvalue weighted by atomic mass is 9.72. The summed E-state index contributed by atoms with van der Waals surface area (Å²) in [5.74, 6) is -0.310. The summed E-state index contributed by atoms with van der Waals surface area (Å²) in [7, 11) is 0. The fourth-order valence-electron chi connectivity index (χ4n) is 6.10. The van der Waals surface area contributed by atoms with Crippen molar-refractivity contribution in [3.63, 3.8) is 0 Å². The van der Waals surface area contributed by atoms with E-state index in [0.717, 1.165) is 24.8 Å². The number of para-hydroxylation sites is 1. The number of carbonyl (C=O) groups is 4. The normalized spacial score (nSPS) is 25.9. The van der Waals surface area contributed by atoms with Crippen molar-refractivity contribution in [3.8, 4) is 0 Å². The molecule has 198 valence electrons. The van der Waals surface area contributed by atoms with Crippen molar-refractivity contribution >= 4 is 34.4 Å². The number of nitrogens with one attached hydrogen (secondary N) is 2. The third kappa shape index (κ3) is 5.56. The first-order valence-electron chi connectivity index (χ1n) is 13.5. The first-order valence-corrected chi connectivity index (χ1v) is 13.5. The van der Waals surface area contributed by atoms with E-state index in [4.69, 9.17) is 4.74 Å². The second kappa shape index (κ2) is 11.0. The molecule has 2 saturated heterocycles. The summed E-state index contributed by atoms with van der Waals surface area (Å²) in [6, 6.07) is 7.57. The highest BCUT2D eigenvalue weighted by molar-refractivity contribution is 6.45. The monoisotopic (exact) mass is 508 g/mol. The van der Waals surface area contributed by atoms with Crippen LogP contribution in [-0.4, -0.2) is 71.9 Å². The molecule has 1 aliphatic carbocycles. The van der Waals surface area contributed by atoms with Gasteiger partial charge in [-0.05, 0) is 43.6 Å². The Bertz CT molecular complexity index is 1180. The topological polar surface area (TPSA) is 110 Å². The van der Waals surface area contributed by atoms with Crippen LogP contribution >= 0.6 is 0 Å². The molecule has 9 nitrogen and oxygen atoms in total. The number of rotatable bonds is 7. The SMILES string of the molecule is CC1CCC2CC(CCNC(=O)C(=O)c3cn(CC(=O)N4CCOCC4)c4ccccc34)C(=O)NC2C1. The quantitative estimate of drug-likeness (QED) is 0.440. The fraction of sp³-hybridized carbons (Fsp3) is 0.571. The molecule has 2 aromatic rings. The molecule has 0 spiro atoms. The van der Waals surface area contributed by atoms with Gasteiger partial charge < -0.3 is 24.8 Å². The Labute approximate surface area is 216 Å². The van der Waals surface area contributed by atoms with Crippen molar-refractivity contribution in [2.75, 3.05) is 32.8 Å². The molecule has 1 saturated carbocycles. The zero-order chi connectivity index (χ0) is 25.9. The Morgan fingerprint density at radius 3 is 2.70 bits per heavy atom. The smallest absolute Gasteiger partial charge is 0.292 e. The number of carbonyl (C=O) groups excluding carboxylic acids is 4. The van der Waals surface area contributed by atoms with Crippen LogP contribution in [0.4, 0.5) is 0 Å². The lowest BCUT2D eigenvalue weighted by Gasteiger charge is -2.41. The van der Waals surface area contributed by atoms with Crippen LogP contribution in [0.2, 0.25) is 0 Å². The maximum atomic E-state index is 13.1. The molecular formula is C28H36N4O5. The van der Waals surface area contributed by atoms with Crippen LogP contribution in [-0.2, 0) is 25.7 Å². The molecule has 37 heavy (non-hydrogen) atoms. The number of piperidine rings is 1. The summed E-state index contributed by atoms with van der Waals surface area (Å²) in [5, 5.41) is 6.56. The number of nitrogens with zero attached hydrogens (tertiary/aromatic N) is 2. The summed E-state index contributed by atoms with van der Waals surface area (Å²) in [6.45, 7) is 4.73. The van der Waals surface area contributed by atoms with Crippen molar-refractivity contribution in [1.82, 2.24) is 20.1 Å². The number of hydrogen-bond acceptors (Lipinski definition) is 5. The van der Waals surface area contributed by atoms with Crippen LogP contribution in [0.3, 0.4) is 0 Å². The number of amides is 3. The van der Waals surface area contributed by atoms with Gasteiger partial charge in [-0.15, -0.1) is 0 Å². The van der Waals surface area contributed by atoms with Crippen LogP contribution in [0.25, 0.3) is 10.9 Å². The minimum atomic E-state index is -0.692. The second-order valence-electron chi connectivity index (χ2n) is 10.8. The summed E-state index contributed by atoms with van der Waals surface area (Å²) in [4.78, 5) is 53.1. The predicted octanol–water partition coefficient (Wildman–Crippen LogP) is 2.13. The fourth-order valence-corrected chi connectivity index (χ4v) is 6.10. The van der Waals surface area contributed by atoms with Crippen molar-refractivity contribution in [2.45, 2.75) is 51.6 Å². The molecule has 1 aromatic carbocycles. The molecule has 3 amide bonds. The molecule has 3 heterocycles. The van der Waals surface area contributed by atoms with Gasteiger partial charge in [-0.3, -0.25) is 19.2 Å². The summed E-state index contributed by atoms with van der Waals surface area (Å²) in [6.07, 6.45) is 6.33. The number of benzene rings is 1. The Morgan fingerprint density at radius 2 is 1.89 bits per heavy atom. The Morgan fingerprint density at radius 1 is 1.11 bits per heavy atom. The van der Waals surface area contributed by atoms with Crippen LogP contribution in [0.15, 0.2) is 30.5 Å². The van der Waals surface area contributed by atoms with E-state index in [-0.39, 0.29) is 42.4 Å². The van der Waals surface area contributed by atoms with E-state index in [1.807, 2.05) is 18.2 Å². The molecule has 1 aromatic heterocycles. The third-order valence-corrected chi connectivity index (χ3v) is 8.23. The van der Waals surface area contributed by atoms with Crippen molar-refractivity contribution in [2.24, 2.45) is 17.8 Å². The van der Waals surface area contributed by atoms with Gasteiger partial charge in [-0.1, -0.05) is 31.5 Å². The van der Waals surface area contributed by atoms with Crippen LogP contribution < -0.4 is 10.6 Å². The van der Waals surface area contributed by atoms with Gasteiger partial charge in [0.25, 0.3) is 11.7 Å². The Balaban J connectivity index is 1.20. The molecule has 3 fully saturated rings. The number of morpholine rings is 1. The third-order valence-electron chi connectivity index (χ3n) is 8.23. The first kappa shape index (κ1) is 25.4. The molecule has 4 unspecified atom stereocenters. The van der Waals surface area contributed by atoms with E-state index in [0.29, 0.717) is 49.9 Å². The number of fused-ring (bicyclic) bond motifs is 2. The van der Waals surface area contributed by atoms with Gasteiger partial charge in [-0.2, -0.15) is 0 Å². The standard InChI is InChI=1S/C28H36N4O5/c1-18-6-7-19-15-20(27(35)30-23(19)14-18)8-9-29-28(36)26(34)22-16-32(24-5-3-2-4-21(22)24)17-25(33)31-10-12-37-13-11-31/h2-5,16,18-20,23H,6-15,17H2,1H3,(H,29,36)(H,30,35). The van der Waals surface area contributed by atoms with E-state index < -0.39 is 11.7 Å². The Hall–Kier alpha value is -3.20. The molecule has 2 N–H and O–H groups in total. The van der Waals surface area contributed by atoms with E-state index in [1.54, 1.807) is 21.7 Å². The van der Waals surface area contributed by atoms with Crippen molar-refractivity contribution < 1.29 is 23.9 Å². The lowest BCUT2D eigenvalue weighted by Crippen LogP contribution is -2.52. The van der Waals surface area contributed by atoms with E-state index >= 15 is 0 Å². The van der Waals surface area contributed by atoms with Gasteiger partial charge in [0.2, 0.25) is 11.8 Å². The maximum Gasteiger partial charge on any atom is 0.292 e. The number of ketones is 1. The molecular weight excluding hydrogens is 472 g/mol. The van der Waals surface area contributed by atoms with Gasteiger partial charge in [0.1, 0.15) is 6.54 Å². The molecule has 2 aliphatic heterocycles. The van der Waals surface area contributed by atoms with Gasteiger partial charge in [-0.25, -0.2) is 0 Å². The summed E-state index contributed by atoms with van der Waals surface area (Å²) < 4.78 is 7.06. The number of aromatic nitrogens is 1. The van der Waals surface area contributed by atoms with Crippen LogP contribution in [0, 0.1) is 17.8 Å². The van der Waals surface area contributed by atoms with Gasteiger partial charge in [0.15, 0.2) is 0 Å². The zero-order valence-corrected chi connectivity index (χ0v) is 21.4. The zero-order valence-electron chi connectivity index (χ0n) is 21.4. The van der Waals surface area contributed by atoms with E-state index in [1.165, 1.54) is 6.42 Å². The van der Waals surface area contributed by atoms with Crippen molar-refractivity contribution in [3.05, 3.63) is 36.0 Å². The minimum absolute atomic E-state index is 0.0482. The average Bonchev–Trinajstić information content (AvgIpc) is 3.27. The maximum absolute atomic E-state index is 13.1. The first-order chi connectivity index (χ1) is 17.9. The highest BCUT2D eigenvalue weighted by Crippen LogP contribution is 2.36. The number of Topliss-reactive ketones (excluding diaryl/α,β-unsaturated/α-hetero) is 1. The molecule has 9 heteroatoms. The second-order valence-corrected chi connectivity index (χ2v) is 10.8. The lowest BCUT2D eigenvalue weighted by molar-refractivity contribution is -0.135. The number of ether oxygens (including phenoxy) is 1. The molecule has 5 rings (SSSR count). The minimum Gasteiger partial charge on any atom is -0.378 e. The highest BCUT2D eigenvalue weighted by Gasteiger charge is 2.38. The predicted molar refractivity (Wildman–Crippen MR) is 138 cm³/mol. The summed E-state index contributed by atoms with van der Waals surface area (Å²) in [5.41, 5.74) is 1.01. The van der Waals surface area contributed by atoms with Crippen LogP contribution in [0.1, 0.15) is 49.4 Å². The van der Waals surface area contributed by atoms with Gasteiger partial charge in [0.05, 0.1) is 18.8 Å². The molecule has 0 bridgehead atoms. The van der Waals surface area contributed by atoms with Crippen molar-refractivity contribution in [1.29, 1.82) is 0 Å². The molecule has 3 aliphatic rings. The number of hydrogen-bond donors (Lipinski definition) is 2. The highest BCUT2D eigenvalue weighted by atomic mass is 16.5. The van der Waals surface area contributed by atoms with Gasteiger partial charge in [0, 0.05) is 48.7 Å². The van der Waals surface area contributed by atoms with E-state index in [2.05, 4.69) is 17.6 Å². The average molecular weight is 509 g/mol. The Kier molecular flexibility index (Phi) is 7.60. The molecule has 4 atom stereocenters. The molecule has 0 radical (unpaired) electrons.